The van der Waals surface area contributed by atoms with Crippen molar-refractivity contribution in [2.75, 3.05) is 6.54 Å². The Morgan fingerprint density at radius 3 is 2.62 bits per heavy atom. The van der Waals surface area contributed by atoms with E-state index in [-0.39, 0.29) is 12.3 Å². The van der Waals surface area contributed by atoms with Crippen molar-refractivity contribution in [1.29, 1.82) is 5.26 Å². The molecule has 158 valence electrons. The molecule has 0 unspecified atom stereocenters. The smallest absolute Gasteiger partial charge is 0.329 e. The number of carbonyl (C=O) groups is 3. The number of carbonyl (C=O) groups excluding carboxylic acids is 2. The molecule has 0 aromatic heterocycles. The Hall–Kier alpha value is -4.64. The quantitative estimate of drug-likeness (QED) is 0.460. The number of rotatable bonds is 6. The van der Waals surface area contributed by atoms with E-state index in [9.17, 15) is 19.6 Å². The van der Waals surface area contributed by atoms with Gasteiger partial charge in [-0.05, 0) is 29.0 Å². The van der Waals surface area contributed by atoms with Crippen LogP contribution in [-0.4, -0.2) is 34.5 Å². The molecule has 3 aromatic carbocycles. The Morgan fingerprint density at radius 2 is 1.84 bits per heavy atom. The van der Waals surface area contributed by atoms with Crippen LogP contribution < -0.4 is 10.1 Å². The van der Waals surface area contributed by atoms with Crippen molar-refractivity contribution >= 4 is 34.8 Å². The fourth-order valence-corrected chi connectivity index (χ4v) is 3.46. The third-order valence-electron chi connectivity index (χ3n) is 5.00. The number of urea groups is 1. The monoisotopic (exact) mass is 427 g/mol. The summed E-state index contributed by atoms with van der Waals surface area (Å²) in [5.41, 5.74) is 1.71. The van der Waals surface area contributed by atoms with Crippen molar-refractivity contribution in [1.82, 2.24) is 10.2 Å². The third-order valence-corrected chi connectivity index (χ3v) is 5.00. The van der Waals surface area contributed by atoms with Gasteiger partial charge in [0.05, 0.1) is 11.6 Å². The molecular formula is C24H17N3O5. The Kier molecular flexibility index (Phi) is 5.55. The number of carboxylic acids is 1. The summed E-state index contributed by atoms with van der Waals surface area (Å²) < 4.78 is 6.01. The highest BCUT2D eigenvalue weighted by Crippen LogP contribution is 2.31. The summed E-state index contributed by atoms with van der Waals surface area (Å²) in [5.74, 6) is -1.58. The van der Waals surface area contributed by atoms with Crippen molar-refractivity contribution in [3.63, 3.8) is 0 Å². The van der Waals surface area contributed by atoms with E-state index in [1.54, 1.807) is 24.3 Å². The molecule has 0 bridgehead atoms. The normalized spacial score (nSPS) is 14.5. The highest BCUT2D eigenvalue weighted by Gasteiger charge is 2.35. The molecule has 4 rings (SSSR count). The van der Waals surface area contributed by atoms with Crippen LogP contribution in [0.3, 0.4) is 0 Å². The van der Waals surface area contributed by atoms with E-state index in [1.165, 1.54) is 6.08 Å². The highest BCUT2D eigenvalue weighted by atomic mass is 16.5. The van der Waals surface area contributed by atoms with Gasteiger partial charge in [-0.15, -0.1) is 0 Å². The molecule has 3 amide bonds. The summed E-state index contributed by atoms with van der Waals surface area (Å²) in [6.45, 7) is -0.602. The SMILES string of the molecule is N#Cc1ccccc1COc1ccc2ccccc2c1/C=C1/NC(=O)N(CC(=O)O)C1=O. The van der Waals surface area contributed by atoms with E-state index in [2.05, 4.69) is 11.4 Å². The molecule has 3 aromatic rings. The molecule has 0 atom stereocenters. The minimum atomic E-state index is -1.29. The van der Waals surface area contributed by atoms with E-state index in [0.29, 0.717) is 27.3 Å². The molecule has 1 heterocycles. The first-order valence-corrected chi connectivity index (χ1v) is 9.67. The Labute approximate surface area is 182 Å². The average Bonchev–Trinajstić information content (AvgIpc) is 3.05. The number of nitriles is 1. The first-order chi connectivity index (χ1) is 15.5. The maximum atomic E-state index is 12.6. The second-order valence-electron chi connectivity index (χ2n) is 7.03. The van der Waals surface area contributed by atoms with Gasteiger partial charge < -0.3 is 15.2 Å². The first-order valence-electron chi connectivity index (χ1n) is 9.67. The van der Waals surface area contributed by atoms with Crippen LogP contribution in [0.5, 0.6) is 5.75 Å². The maximum absolute atomic E-state index is 12.6. The Balaban J connectivity index is 1.74. The zero-order valence-electron chi connectivity index (χ0n) is 16.7. The van der Waals surface area contributed by atoms with Crippen molar-refractivity contribution in [3.8, 4) is 11.8 Å². The van der Waals surface area contributed by atoms with Gasteiger partial charge in [-0.25, -0.2) is 9.69 Å². The number of aliphatic carboxylic acids is 1. The van der Waals surface area contributed by atoms with E-state index < -0.39 is 24.5 Å². The lowest BCUT2D eigenvalue weighted by Crippen LogP contribution is -2.35. The van der Waals surface area contributed by atoms with Gasteiger partial charge in [0.15, 0.2) is 0 Å². The minimum Gasteiger partial charge on any atom is -0.488 e. The summed E-state index contributed by atoms with van der Waals surface area (Å²) in [6.07, 6.45) is 1.48. The Bertz CT molecular complexity index is 1320. The van der Waals surface area contributed by atoms with Crippen molar-refractivity contribution < 1.29 is 24.2 Å². The van der Waals surface area contributed by atoms with Gasteiger partial charge in [0.25, 0.3) is 5.91 Å². The van der Waals surface area contributed by atoms with Gasteiger partial charge in [-0.2, -0.15) is 5.26 Å². The number of amides is 3. The van der Waals surface area contributed by atoms with E-state index in [1.807, 2.05) is 36.4 Å². The second-order valence-corrected chi connectivity index (χ2v) is 7.03. The van der Waals surface area contributed by atoms with Crippen LogP contribution in [0.15, 0.2) is 66.4 Å². The third kappa shape index (κ3) is 4.00. The van der Waals surface area contributed by atoms with Crippen LogP contribution in [0.2, 0.25) is 0 Å². The lowest BCUT2D eigenvalue weighted by atomic mass is 10.0. The number of imide groups is 1. The van der Waals surface area contributed by atoms with Crippen LogP contribution in [0.1, 0.15) is 16.7 Å². The molecule has 8 nitrogen and oxygen atoms in total. The molecule has 1 saturated heterocycles. The van der Waals surface area contributed by atoms with Crippen LogP contribution in [-0.2, 0) is 16.2 Å². The lowest BCUT2D eigenvalue weighted by molar-refractivity contribution is -0.140. The lowest BCUT2D eigenvalue weighted by Gasteiger charge is -2.13. The van der Waals surface area contributed by atoms with Crippen LogP contribution in [0, 0.1) is 11.3 Å². The van der Waals surface area contributed by atoms with E-state index >= 15 is 0 Å². The van der Waals surface area contributed by atoms with Crippen molar-refractivity contribution in [3.05, 3.63) is 83.1 Å². The van der Waals surface area contributed by atoms with Crippen molar-refractivity contribution in [2.45, 2.75) is 6.61 Å². The van der Waals surface area contributed by atoms with Gasteiger partial charge in [0.2, 0.25) is 0 Å². The fourth-order valence-electron chi connectivity index (χ4n) is 3.46. The maximum Gasteiger partial charge on any atom is 0.329 e. The standard InChI is InChI=1S/C24H17N3O5/c25-12-16-6-1-2-7-17(16)14-32-21-10-9-15-5-3-4-8-18(15)19(21)11-20-23(30)27(13-22(28)29)24(31)26-20/h1-11H,13-14H2,(H,26,31)(H,28,29)/b20-11+. The second kappa shape index (κ2) is 8.62. The van der Waals surface area contributed by atoms with Gasteiger partial charge in [-0.3, -0.25) is 9.59 Å². The number of ether oxygens (including phenoxy) is 1. The summed E-state index contributed by atoms with van der Waals surface area (Å²) in [5, 5.41) is 22.4. The summed E-state index contributed by atoms with van der Waals surface area (Å²) in [6, 6.07) is 19.5. The molecule has 2 N–H and O–H groups in total. The zero-order valence-corrected chi connectivity index (χ0v) is 16.7. The van der Waals surface area contributed by atoms with Crippen LogP contribution >= 0.6 is 0 Å². The molecule has 1 fully saturated rings. The van der Waals surface area contributed by atoms with Gasteiger partial charge in [0, 0.05) is 11.1 Å². The number of carboxylic acid groups (broad SMARTS) is 1. The predicted octanol–water partition coefficient (Wildman–Crippen LogP) is 3.27. The minimum absolute atomic E-state index is 0.0464. The number of nitrogens with one attached hydrogen (secondary N) is 1. The topological polar surface area (TPSA) is 120 Å². The van der Waals surface area contributed by atoms with Crippen molar-refractivity contribution in [2.24, 2.45) is 0 Å². The van der Waals surface area contributed by atoms with E-state index in [4.69, 9.17) is 9.84 Å². The molecule has 1 aliphatic rings. The molecular weight excluding hydrogens is 410 g/mol. The summed E-state index contributed by atoms with van der Waals surface area (Å²) in [4.78, 5) is 36.3. The van der Waals surface area contributed by atoms with Gasteiger partial charge in [0.1, 0.15) is 24.6 Å². The first kappa shape index (κ1) is 20.6. The predicted molar refractivity (Wildman–Crippen MR) is 115 cm³/mol. The number of hydrogen-bond donors (Lipinski definition) is 2. The number of benzene rings is 3. The number of nitrogens with zero attached hydrogens (tertiary/aromatic N) is 2. The zero-order chi connectivity index (χ0) is 22.7. The molecule has 0 aliphatic carbocycles. The highest BCUT2D eigenvalue weighted by molar-refractivity contribution is 6.16. The van der Waals surface area contributed by atoms with Gasteiger partial charge >= 0.3 is 12.0 Å². The molecule has 0 saturated carbocycles. The van der Waals surface area contributed by atoms with Crippen LogP contribution in [0.25, 0.3) is 16.8 Å². The Morgan fingerprint density at radius 1 is 1.09 bits per heavy atom. The largest absolute Gasteiger partial charge is 0.488 e. The summed E-state index contributed by atoms with van der Waals surface area (Å²) >= 11 is 0. The molecule has 1 aliphatic heterocycles. The fraction of sp³-hybridized carbons (Fsp3) is 0.0833. The van der Waals surface area contributed by atoms with Crippen LogP contribution in [0.4, 0.5) is 4.79 Å². The number of hydrogen-bond acceptors (Lipinski definition) is 5. The molecule has 8 heteroatoms. The molecule has 0 radical (unpaired) electrons. The van der Waals surface area contributed by atoms with E-state index in [0.717, 1.165) is 10.8 Å². The molecule has 0 spiro atoms. The molecule has 32 heavy (non-hydrogen) atoms. The van der Waals surface area contributed by atoms with Gasteiger partial charge in [-0.1, -0.05) is 48.5 Å². The average molecular weight is 427 g/mol. The summed E-state index contributed by atoms with van der Waals surface area (Å²) in [7, 11) is 0. The number of fused-ring (bicyclic) bond motifs is 1.